The van der Waals surface area contributed by atoms with E-state index in [-0.39, 0.29) is 6.04 Å². The zero-order valence-electron chi connectivity index (χ0n) is 9.24. The summed E-state index contributed by atoms with van der Waals surface area (Å²) in [6.45, 7) is 2.17. The predicted octanol–water partition coefficient (Wildman–Crippen LogP) is 3.73. The van der Waals surface area contributed by atoms with Crippen molar-refractivity contribution in [2.24, 2.45) is 5.73 Å². The van der Waals surface area contributed by atoms with Crippen LogP contribution >= 0.6 is 23.1 Å². The lowest BCUT2D eigenvalue weighted by Crippen LogP contribution is -2.14. The molecular weight excluding hydrogens is 222 g/mol. The molecule has 1 unspecified atom stereocenters. The fourth-order valence-corrected chi connectivity index (χ4v) is 4.26. The lowest BCUT2D eigenvalue weighted by molar-refractivity contribution is 0.818. The molecule has 1 aromatic heterocycles. The van der Waals surface area contributed by atoms with Crippen LogP contribution < -0.4 is 5.73 Å². The van der Waals surface area contributed by atoms with E-state index in [0.29, 0.717) is 0 Å². The summed E-state index contributed by atoms with van der Waals surface area (Å²) in [7, 11) is 0. The summed E-state index contributed by atoms with van der Waals surface area (Å²) in [6.07, 6.45) is 5.65. The van der Waals surface area contributed by atoms with E-state index in [1.807, 2.05) is 0 Å². The van der Waals surface area contributed by atoms with E-state index in [1.54, 1.807) is 11.3 Å². The van der Waals surface area contributed by atoms with Gasteiger partial charge in [0, 0.05) is 21.9 Å². The van der Waals surface area contributed by atoms with Crippen molar-refractivity contribution in [2.75, 3.05) is 5.75 Å². The van der Waals surface area contributed by atoms with Gasteiger partial charge in [0.05, 0.1) is 0 Å². The molecule has 1 fully saturated rings. The third-order valence-corrected chi connectivity index (χ3v) is 5.47. The Hall–Kier alpha value is 0.01000. The van der Waals surface area contributed by atoms with Crippen LogP contribution in [0.25, 0.3) is 0 Å². The quantitative estimate of drug-likeness (QED) is 0.869. The summed E-state index contributed by atoms with van der Waals surface area (Å²) < 4.78 is 0. The molecule has 1 aliphatic rings. The Bertz CT molecular complexity index is 302. The van der Waals surface area contributed by atoms with Crippen molar-refractivity contribution in [3.63, 3.8) is 0 Å². The maximum Gasteiger partial charge on any atom is 0.0397 e. The van der Waals surface area contributed by atoms with Gasteiger partial charge in [-0.1, -0.05) is 12.8 Å². The monoisotopic (exact) mass is 241 g/mol. The zero-order chi connectivity index (χ0) is 10.7. The number of rotatable bonds is 4. The van der Waals surface area contributed by atoms with Crippen molar-refractivity contribution in [3.8, 4) is 0 Å². The van der Waals surface area contributed by atoms with E-state index in [1.165, 1.54) is 36.1 Å². The molecule has 2 rings (SSSR count). The summed E-state index contributed by atoms with van der Waals surface area (Å²) in [5, 5.41) is 3.03. The lowest BCUT2D eigenvalue weighted by Gasteiger charge is -2.14. The van der Waals surface area contributed by atoms with Gasteiger partial charge in [-0.25, -0.2) is 0 Å². The molecule has 2 N–H and O–H groups in total. The van der Waals surface area contributed by atoms with Crippen molar-refractivity contribution in [1.29, 1.82) is 0 Å². The molecule has 1 heterocycles. The van der Waals surface area contributed by atoms with Crippen LogP contribution in [-0.2, 0) is 0 Å². The Balaban J connectivity index is 1.81. The smallest absolute Gasteiger partial charge is 0.0397 e. The van der Waals surface area contributed by atoms with Crippen LogP contribution in [0.3, 0.4) is 0 Å². The van der Waals surface area contributed by atoms with Crippen LogP contribution in [0.5, 0.6) is 0 Å². The molecule has 1 aliphatic carbocycles. The standard InChI is InChI=1S/C12H19NS2/c1-9-11(6-7-14-9)12(13)8-15-10-4-2-3-5-10/h6-7,10,12H,2-5,8,13H2,1H3. The molecule has 15 heavy (non-hydrogen) atoms. The molecule has 0 spiro atoms. The highest BCUT2D eigenvalue weighted by molar-refractivity contribution is 7.99. The van der Waals surface area contributed by atoms with Crippen LogP contribution in [0, 0.1) is 6.92 Å². The summed E-state index contributed by atoms with van der Waals surface area (Å²) in [4.78, 5) is 1.38. The molecule has 0 radical (unpaired) electrons. The minimum Gasteiger partial charge on any atom is -0.323 e. The molecular formula is C12H19NS2. The van der Waals surface area contributed by atoms with Gasteiger partial charge >= 0.3 is 0 Å². The third-order valence-electron chi connectivity index (χ3n) is 3.11. The molecule has 0 bridgehead atoms. The van der Waals surface area contributed by atoms with Crippen molar-refractivity contribution >= 4 is 23.1 Å². The van der Waals surface area contributed by atoms with Crippen molar-refractivity contribution in [1.82, 2.24) is 0 Å². The van der Waals surface area contributed by atoms with Gasteiger partial charge in [0.25, 0.3) is 0 Å². The van der Waals surface area contributed by atoms with Crippen LogP contribution in [-0.4, -0.2) is 11.0 Å². The Morgan fingerprint density at radius 2 is 2.27 bits per heavy atom. The molecule has 3 heteroatoms. The largest absolute Gasteiger partial charge is 0.323 e. The Morgan fingerprint density at radius 3 is 2.87 bits per heavy atom. The van der Waals surface area contributed by atoms with Crippen LogP contribution in [0.4, 0.5) is 0 Å². The van der Waals surface area contributed by atoms with Gasteiger partial charge in [-0.05, 0) is 36.8 Å². The minimum absolute atomic E-state index is 0.238. The van der Waals surface area contributed by atoms with Gasteiger partial charge in [0.1, 0.15) is 0 Å². The van der Waals surface area contributed by atoms with Gasteiger partial charge < -0.3 is 5.73 Å². The summed E-state index contributed by atoms with van der Waals surface area (Å²) >= 11 is 3.88. The molecule has 0 amide bonds. The van der Waals surface area contributed by atoms with E-state index in [9.17, 15) is 0 Å². The summed E-state index contributed by atoms with van der Waals surface area (Å²) in [6, 6.07) is 2.42. The highest BCUT2D eigenvalue weighted by atomic mass is 32.2. The summed E-state index contributed by atoms with van der Waals surface area (Å²) in [5.74, 6) is 1.09. The number of hydrogen-bond donors (Lipinski definition) is 1. The lowest BCUT2D eigenvalue weighted by atomic mass is 10.1. The Labute approximate surface area is 100 Å². The number of hydrogen-bond acceptors (Lipinski definition) is 3. The van der Waals surface area contributed by atoms with Gasteiger partial charge in [-0.15, -0.1) is 11.3 Å². The van der Waals surface area contributed by atoms with E-state index in [0.717, 1.165) is 11.0 Å². The first-order valence-electron chi connectivity index (χ1n) is 5.68. The normalized spacial score (nSPS) is 19.6. The van der Waals surface area contributed by atoms with Crippen molar-refractivity contribution in [2.45, 2.75) is 43.9 Å². The van der Waals surface area contributed by atoms with Crippen LogP contribution in [0.2, 0.25) is 0 Å². The van der Waals surface area contributed by atoms with Gasteiger partial charge in [0.15, 0.2) is 0 Å². The summed E-state index contributed by atoms with van der Waals surface area (Å²) in [5.41, 5.74) is 7.56. The highest BCUT2D eigenvalue weighted by Gasteiger charge is 2.17. The fraction of sp³-hybridized carbons (Fsp3) is 0.667. The average molecular weight is 241 g/mol. The first-order valence-corrected chi connectivity index (χ1v) is 7.61. The van der Waals surface area contributed by atoms with Gasteiger partial charge in [0.2, 0.25) is 0 Å². The molecule has 1 atom stereocenters. The number of thiophene rings is 1. The number of nitrogens with two attached hydrogens (primary N) is 1. The van der Waals surface area contributed by atoms with E-state index in [2.05, 4.69) is 30.1 Å². The van der Waals surface area contributed by atoms with E-state index >= 15 is 0 Å². The second kappa shape index (κ2) is 5.37. The van der Waals surface area contributed by atoms with Gasteiger partial charge in [-0.3, -0.25) is 0 Å². The second-order valence-electron chi connectivity index (χ2n) is 4.28. The SMILES string of the molecule is Cc1sccc1C(N)CSC1CCCC1. The van der Waals surface area contributed by atoms with Crippen LogP contribution in [0.15, 0.2) is 11.4 Å². The van der Waals surface area contributed by atoms with E-state index in [4.69, 9.17) is 5.73 Å². The molecule has 1 saturated carbocycles. The van der Waals surface area contributed by atoms with Gasteiger partial charge in [-0.2, -0.15) is 11.8 Å². The maximum absolute atomic E-state index is 6.20. The Kier molecular flexibility index (Phi) is 4.12. The fourth-order valence-electron chi connectivity index (χ4n) is 2.16. The molecule has 0 aromatic carbocycles. The predicted molar refractivity (Wildman–Crippen MR) is 70.7 cm³/mol. The Morgan fingerprint density at radius 1 is 1.53 bits per heavy atom. The van der Waals surface area contributed by atoms with Crippen molar-refractivity contribution in [3.05, 3.63) is 21.9 Å². The van der Waals surface area contributed by atoms with Crippen molar-refractivity contribution < 1.29 is 0 Å². The molecule has 0 saturated heterocycles. The topological polar surface area (TPSA) is 26.0 Å². The third kappa shape index (κ3) is 2.99. The number of thioether (sulfide) groups is 1. The van der Waals surface area contributed by atoms with E-state index < -0.39 is 0 Å². The minimum atomic E-state index is 0.238. The van der Waals surface area contributed by atoms with Crippen LogP contribution in [0.1, 0.15) is 42.2 Å². The zero-order valence-corrected chi connectivity index (χ0v) is 10.9. The maximum atomic E-state index is 6.20. The molecule has 1 aromatic rings. The average Bonchev–Trinajstić information content (AvgIpc) is 2.84. The molecule has 84 valence electrons. The first-order chi connectivity index (χ1) is 7.27. The first kappa shape index (κ1) is 11.5. The molecule has 0 aliphatic heterocycles. The highest BCUT2D eigenvalue weighted by Crippen LogP contribution is 2.32. The molecule has 1 nitrogen and oxygen atoms in total. The second-order valence-corrected chi connectivity index (χ2v) is 6.73. The number of aryl methyl sites for hydroxylation is 1.